The van der Waals surface area contributed by atoms with Crippen molar-refractivity contribution < 1.29 is 43.9 Å². The SMILES string of the molecule is CC1=C(c2c(F)c(F)c(F)c(F)c2F)C=CC1=Bc1c(F)c(F)c(F)c(F)c1F. The maximum absolute atomic E-state index is 14.0. The van der Waals surface area contributed by atoms with Gasteiger partial charge in [-0.1, -0.05) is 0 Å². The van der Waals surface area contributed by atoms with E-state index >= 15 is 0 Å². The molecule has 0 unspecified atom stereocenters. The van der Waals surface area contributed by atoms with Gasteiger partial charge in [0.05, 0.1) is 0 Å². The van der Waals surface area contributed by atoms with Gasteiger partial charge in [-0.25, -0.2) is 0 Å². The third-order valence-electron chi connectivity index (χ3n) is 4.29. The number of allylic oxidation sites excluding steroid dienone is 4. The van der Waals surface area contributed by atoms with E-state index in [1.54, 1.807) is 0 Å². The molecule has 2 aromatic carbocycles. The van der Waals surface area contributed by atoms with Crippen LogP contribution in [-0.2, 0) is 0 Å². The van der Waals surface area contributed by atoms with Crippen LogP contribution >= 0.6 is 0 Å². The van der Waals surface area contributed by atoms with Crippen LogP contribution < -0.4 is 5.46 Å². The fourth-order valence-corrected chi connectivity index (χ4v) is 2.75. The molecule has 0 bridgehead atoms. The van der Waals surface area contributed by atoms with E-state index in [0.717, 1.165) is 19.1 Å². The normalized spacial score (nSPS) is 14.9. The zero-order valence-corrected chi connectivity index (χ0v) is 14.0. The molecule has 0 aliphatic heterocycles. The molecule has 150 valence electrons. The molecule has 0 fully saturated rings. The summed E-state index contributed by atoms with van der Waals surface area (Å²) in [6.07, 6.45) is 1.84. The van der Waals surface area contributed by atoms with Gasteiger partial charge in [-0.3, -0.25) is 0 Å². The first-order valence-corrected chi connectivity index (χ1v) is 7.63. The van der Waals surface area contributed by atoms with Gasteiger partial charge in [-0.05, 0) is 0 Å². The number of halogens is 10. The van der Waals surface area contributed by atoms with Crippen molar-refractivity contribution in [2.24, 2.45) is 0 Å². The van der Waals surface area contributed by atoms with Crippen LogP contribution in [0.25, 0.3) is 5.57 Å². The van der Waals surface area contributed by atoms with E-state index in [9.17, 15) is 43.9 Å². The average Bonchev–Trinajstić information content (AvgIpc) is 3.05. The van der Waals surface area contributed by atoms with Crippen LogP contribution in [0, 0.1) is 58.2 Å². The first-order valence-electron chi connectivity index (χ1n) is 7.63. The van der Waals surface area contributed by atoms with Crippen molar-refractivity contribution in [2.45, 2.75) is 6.92 Å². The molecule has 1 aliphatic rings. The fraction of sp³-hybridized carbons (Fsp3) is 0.0556. The molecule has 0 saturated heterocycles. The van der Waals surface area contributed by atoms with Crippen molar-refractivity contribution in [3.63, 3.8) is 0 Å². The maximum atomic E-state index is 14.0. The van der Waals surface area contributed by atoms with Crippen molar-refractivity contribution in [1.29, 1.82) is 0 Å². The van der Waals surface area contributed by atoms with Crippen molar-refractivity contribution in [1.82, 2.24) is 0 Å². The Morgan fingerprint density at radius 3 is 1.34 bits per heavy atom. The first kappa shape index (κ1) is 20.9. The van der Waals surface area contributed by atoms with Crippen LogP contribution in [0.2, 0.25) is 0 Å². The number of benzene rings is 2. The second kappa shape index (κ2) is 7.20. The van der Waals surface area contributed by atoms with E-state index < -0.39 is 74.8 Å². The molecule has 0 amide bonds. The Morgan fingerprint density at radius 2 is 0.897 bits per heavy atom. The first-order chi connectivity index (χ1) is 13.5. The Bertz CT molecular complexity index is 1100. The minimum atomic E-state index is -2.38. The van der Waals surface area contributed by atoms with Gasteiger partial charge in [-0.15, -0.1) is 0 Å². The van der Waals surface area contributed by atoms with Crippen LogP contribution in [0.3, 0.4) is 0 Å². The summed E-state index contributed by atoms with van der Waals surface area (Å²) >= 11 is 0. The summed E-state index contributed by atoms with van der Waals surface area (Å²) in [4.78, 5) is 0. The van der Waals surface area contributed by atoms with Crippen molar-refractivity contribution in [2.75, 3.05) is 0 Å². The second-order valence-corrected chi connectivity index (χ2v) is 5.90. The molecule has 11 heteroatoms. The summed E-state index contributed by atoms with van der Waals surface area (Å²) in [6.45, 7) is 1.60. The molecule has 29 heavy (non-hydrogen) atoms. The molecule has 0 radical (unpaired) electrons. The summed E-state index contributed by atoms with van der Waals surface area (Å²) in [5.74, 6) is -22.2. The molecule has 2 aromatic rings. The van der Waals surface area contributed by atoms with E-state index in [2.05, 4.69) is 0 Å². The quantitative estimate of drug-likeness (QED) is 0.287. The summed E-state index contributed by atoms with van der Waals surface area (Å²) < 4.78 is 135. The van der Waals surface area contributed by atoms with E-state index in [-0.39, 0.29) is 11.0 Å². The second-order valence-electron chi connectivity index (χ2n) is 5.90. The van der Waals surface area contributed by atoms with E-state index in [4.69, 9.17) is 0 Å². The molecule has 3 rings (SSSR count). The standard InChI is InChI=1S/C18H5BF10/c1-4-5(7-9(20)13(24)17(28)14(25)10(7)21)2-3-6(4)19-8-11(22)15(26)18(29)16(27)12(8)23/h2-3H,1H3. The third-order valence-corrected chi connectivity index (χ3v) is 4.29. The number of hydrogen-bond donors (Lipinski definition) is 0. The molecule has 0 heterocycles. The Morgan fingerprint density at radius 1 is 0.517 bits per heavy atom. The fourth-order valence-electron chi connectivity index (χ4n) is 2.75. The van der Waals surface area contributed by atoms with E-state index in [0.29, 0.717) is 6.92 Å². The molecule has 0 atom stereocenters. The Labute approximate surface area is 156 Å². The molecule has 0 N–H and O–H groups in total. The third kappa shape index (κ3) is 3.08. The predicted molar refractivity (Wildman–Crippen MR) is 84.6 cm³/mol. The molecule has 0 aromatic heterocycles. The number of hydrogen-bond acceptors (Lipinski definition) is 0. The van der Waals surface area contributed by atoms with Gasteiger partial charge in [0.2, 0.25) is 0 Å². The molecule has 0 saturated carbocycles. The Hall–Kier alpha value is -2.85. The molecular weight excluding hydrogens is 417 g/mol. The average molecular weight is 422 g/mol. The van der Waals surface area contributed by atoms with Gasteiger partial charge in [0.25, 0.3) is 0 Å². The van der Waals surface area contributed by atoms with Crippen LogP contribution in [0.15, 0.2) is 17.7 Å². The predicted octanol–water partition coefficient (Wildman–Crippen LogP) is 4.62. The van der Waals surface area contributed by atoms with Crippen molar-refractivity contribution in [3.05, 3.63) is 81.5 Å². The topological polar surface area (TPSA) is 0 Å². The van der Waals surface area contributed by atoms with Crippen LogP contribution in [0.5, 0.6) is 0 Å². The molecule has 0 nitrogen and oxygen atoms in total. The van der Waals surface area contributed by atoms with Crippen molar-refractivity contribution in [3.8, 4) is 0 Å². The minimum absolute atomic E-state index is 0.225. The summed E-state index contributed by atoms with van der Waals surface area (Å²) in [5.41, 5.74) is -3.65. The zero-order valence-electron chi connectivity index (χ0n) is 14.0. The van der Waals surface area contributed by atoms with Gasteiger partial charge in [0.1, 0.15) is 0 Å². The number of rotatable bonds is 2. The van der Waals surface area contributed by atoms with Gasteiger partial charge >= 0.3 is 156 Å². The van der Waals surface area contributed by atoms with Gasteiger partial charge in [0.15, 0.2) is 0 Å². The Kier molecular flexibility index (Phi) is 5.18. The van der Waals surface area contributed by atoms with Crippen LogP contribution in [-0.4, -0.2) is 12.4 Å². The van der Waals surface area contributed by atoms with E-state index in [1.807, 2.05) is 0 Å². The molecular formula is C18H5BF10. The van der Waals surface area contributed by atoms with Crippen LogP contribution in [0.1, 0.15) is 12.5 Å². The molecule has 0 spiro atoms. The molecule has 1 aliphatic carbocycles. The van der Waals surface area contributed by atoms with Crippen molar-refractivity contribution >= 4 is 23.4 Å². The summed E-state index contributed by atoms with van der Waals surface area (Å²) in [5, 5.41) is 0. The monoisotopic (exact) mass is 422 g/mol. The van der Waals surface area contributed by atoms with Gasteiger partial charge < -0.3 is 0 Å². The van der Waals surface area contributed by atoms with Crippen LogP contribution in [0.4, 0.5) is 43.9 Å². The van der Waals surface area contributed by atoms with Gasteiger partial charge in [0, 0.05) is 0 Å². The van der Waals surface area contributed by atoms with E-state index in [1.165, 1.54) is 0 Å². The van der Waals surface area contributed by atoms with Gasteiger partial charge in [-0.2, -0.15) is 0 Å². The summed E-state index contributed by atoms with van der Waals surface area (Å²) in [7, 11) is 0. The zero-order chi connectivity index (χ0) is 21.8. The Balaban J connectivity index is 2.23. The summed E-state index contributed by atoms with van der Waals surface area (Å²) in [6, 6.07) is 0.